The van der Waals surface area contributed by atoms with E-state index in [1.54, 1.807) is 0 Å². The Kier molecular flexibility index (Phi) is 3.39. The van der Waals surface area contributed by atoms with Crippen molar-refractivity contribution in [3.05, 3.63) is 48.4 Å². The van der Waals surface area contributed by atoms with E-state index >= 15 is 0 Å². The maximum atomic E-state index is 12.0. The van der Waals surface area contributed by atoms with Gasteiger partial charge in [0.15, 0.2) is 0 Å². The van der Waals surface area contributed by atoms with Crippen LogP contribution in [0.2, 0.25) is 5.02 Å². The predicted octanol–water partition coefficient (Wildman–Crippen LogP) is 3.88. The van der Waals surface area contributed by atoms with Gasteiger partial charge < -0.3 is 4.98 Å². The molecule has 1 aromatic heterocycles. The molecule has 1 aromatic carbocycles. The molecule has 3 rings (SSSR count). The van der Waals surface area contributed by atoms with Crippen LogP contribution in [0.4, 0.5) is 0 Å². The molecule has 1 heterocycles. The molecule has 1 fully saturated rings. The summed E-state index contributed by atoms with van der Waals surface area (Å²) in [7, 11) is 0. The van der Waals surface area contributed by atoms with Crippen LogP contribution in [0.3, 0.4) is 0 Å². The number of hydrogen-bond acceptors (Lipinski definition) is 2. The van der Waals surface area contributed by atoms with Crippen LogP contribution < -0.4 is 5.56 Å². The maximum absolute atomic E-state index is 12.0. The average molecular weight is 387 g/mol. The number of benzene rings is 1. The van der Waals surface area contributed by atoms with Gasteiger partial charge >= 0.3 is 0 Å². The minimum absolute atomic E-state index is 0.0538. The lowest BCUT2D eigenvalue weighted by molar-refractivity contribution is 0.957. The summed E-state index contributed by atoms with van der Waals surface area (Å²) >= 11 is 8.04. The quantitative estimate of drug-likeness (QED) is 0.796. The molecule has 0 unspecified atom stereocenters. The van der Waals surface area contributed by atoms with E-state index in [4.69, 9.17) is 11.6 Å². The van der Waals surface area contributed by atoms with E-state index in [0.29, 0.717) is 16.8 Å². The minimum Gasteiger partial charge on any atom is -0.306 e. The number of nitrogens with one attached hydrogen (secondary N) is 1. The third-order valence-corrected chi connectivity index (χ3v) is 4.57. The lowest BCUT2D eigenvalue weighted by atomic mass is 10.1. The topological polar surface area (TPSA) is 45.8 Å². The van der Waals surface area contributed by atoms with E-state index in [0.717, 1.165) is 33.2 Å². The lowest BCUT2D eigenvalue weighted by Gasteiger charge is -2.08. The second-order valence-electron chi connectivity index (χ2n) is 4.85. The summed E-state index contributed by atoms with van der Waals surface area (Å²) in [5.74, 6) is 1.10. The van der Waals surface area contributed by atoms with Crippen LogP contribution in [0.5, 0.6) is 0 Å². The molecule has 0 bridgehead atoms. The Labute approximate surface area is 129 Å². The van der Waals surface area contributed by atoms with Crippen molar-refractivity contribution in [1.29, 1.82) is 0 Å². The molecule has 98 valence electrons. The largest absolute Gasteiger partial charge is 0.306 e. The lowest BCUT2D eigenvalue weighted by Crippen LogP contribution is -2.16. The summed E-state index contributed by atoms with van der Waals surface area (Å²) in [6, 6.07) is 5.60. The summed E-state index contributed by atoms with van der Waals surface area (Å²) < 4.78 is 0.718. The van der Waals surface area contributed by atoms with E-state index in [2.05, 4.69) is 32.6 Å². The Balaban J connectivity index is 2.17. The van der Waals surface area contributed by atoms with Gasteiger partial charge in [0.1, 0.15) is 5.82 Å². The second-order valence-corrected chi connectivity index (χ2v) is 6.36. The molecule has 1 N–H and O–H groups in total. The van der Waals surface area contributed by atoms with Gasteiger partial charge in [0.05, 0.1) is 9.26 Å². The first-order valence-corrected chi connectivity index (χ1v) is 7.58. The first-order chi connectivity index (χ1) is 9.06. The van der Waals surface area contributed by atoms with Crippen molar-refractivity contribution in [3.8, 4) is 11.4 Å². The SMILES string of the molecule is Cc1cc(Cl)ccc1-c1nc(C2CC2)c(I)c(=O)[nH]1. The summed E-state index contributed by atoms with van der Waals surface area (Å²) in [6.45, 7) is 1.97. The van der Waals surface area contributed by atoms with E-state index in [1.807, 2.05) is 25.1 Å². The zero-order valence-corrected chi connectivity index (χ0v) is 13.2. The van der Waals surface area contributed by atoms with Gasteiger partial charge in [0.25, 0.3) is 5.56 Å². The van der Waals surface area contributed by atoms with Crippen molar-refractivity contribution in [3.63, 3.8) is 0 Å². The second kappa shape index (κ2) is 4.90. The van der Waals surface area contributed by atoms with Crippen LogP contribution in [0, 0.1) is 10.5 Å². The number of aromatic amines is 1. The number of rotatable bonds is 2. The molecule has 1 saturated carbocycles. The highest BCUT2D eigenvalue weighted by atomic mass is 127. The molecule has 0 aliphatic heterocycles. The minimum atomic E-state index is -0.0538. The monoisotopic (exact) mass is 386 g/mol. The number of hydrogen-bond donors (Lipinski definition) is 1. The molecule has 5 heteroatoms. The van der Waals surface area contributed by atoms with Gasteiger partial charge in [-0.2, -0.15) is 0 Å². The Morgan fingerprint density at radius 3 is 2.79 bits per heavy atom. The highest BCUT2D eigenvalue weighted by Gasteiger charge is 2.29. The smallest absolute Gasteiger partial charge is 0.264 e. The fraction of sp³-hybridized carbons (Fsp3) is 0.286. The third kappa shape index (κ3) is 2.56. The molecule has 0 atom stereocenters. The summed E-state index contributed by atoms with van der Waals surface area (Å²) in [6.07, 6.45) is 2.26. The highest BCUT2D eigenvalue weighted by Crippen LogP contribution is 2.40. The summed E-state index contributed by atoms with van der Waals surface area (Å²) in [4.78, 5) is 19.5. The number of H-pyrrole nitrogens is 1. The number of halogens is 2. The number of aryl methyl sites for hydroxylation is 1. The highest BCUT2D eigenvalue weighted by molar-refractivity contribution is 14.1. The first kappa shape index (κ1) is 13.1. The summed E-state index contributed by atoms with van der Waals surface area (Å²) in [5, 5.41) is 0.691. The number of aromatic nitrogens is 2. The molecule has 0 spiro atoms. The Bertz CT molecular complexity index is 707. The van der Waals surface area contributed by atoms with Crippen LogP contribution in [-0.2, 0) is 0 Å². The van der Waals surface area contributed by atoms with Gasteiger partial charge in [0, 0.05) is 16.5 Å². The fourth-order valence-corrected chi connectivity index (χ4v) is 3.05. The molecule has 0 amide bonds. The van der Waals surface area contributed by atoms with Gasteiger partial charge in [0.2, 0.25) is 0 Å². The van der Waals surface area contributed by atoms with Crippen LogP contribution in [0.1, 0.15) is 30.0 Å². The van der Waals surface area contributed by atoms with Crippen molar-refractivity contribution < 1.29 is 0 Å². The van der Waals surface area contributed by atoms with Crippen LogP contribution >= 0.6 is 34.2 Å². The first-order valence-electron chi connectivity index (χ1n) is 6.12. The van der Waals surface area contributed by atoms with Crippen molar-refractivity contribution in [1.82, 2.24) is 9.97 Å². The molecule has 0 radical (unpaired) electrons. The van der Waals surface area contributed by atoms with E-state index in [1.165, 1.54) is 0 Å². The Morgan fingerprint density at radius 2 is 2.16 bits per heavy atom. The zero-order valence-electron chi connectivity index (χ0n) is 10.3. The Morgan fingerprint density at radius 1 is 1.42 bits per heavy atom. The molecular formula is C14H12ClIN2O. The van der Waals surface area contributed by atoms with Gasteiger partial charge in [-0.3, -0.25) is 4.79 Å². The van der Waals surface area contributed by atoms with Crippen LogP contribution in [-0.4, -0.2) is 9.97 Å². The van der Waals surface area contributed by atoms with Gasteiger partial charge in [-0.25, -0.2) is 4.98 Å². The van der Waals surface area contributed by atoms with E-state index in [9.17, 15) is 4.79 Å². The fourth-order valence-electron chi connectivity index (χ4n) is 2.12. The molecule has 1 aliphatic rings. The average Bonchev–Trinajstić information content (AvgIpc) is 3.17. The molecular weight excluding hydrogens is 375 g/mol. The molecule has 19 heavy (non-hydrogen) atoms. The van der Waals surface area contributed by atoms with Gasteiger partial charge in [-0.15, -0.1) is 0 Å². The van der Waals surface area contributed by atoms with Crippen LogP contribution in [0.15, 0.2) is 23.0 Å². The van der Waals surface area contributed by atoms with Crippen molar-refractivity contribution in [2.45, 2.75) is 25.7 Å². The van der Waals surface area contributed by atoms with Crippen LogP contribution in [0.25, 0.3) is 11.4 Å². The van der Waals surface area contributed by atoms with Crippen molar-refractivity contribution >= 4 is 34.2 Å². The van der Waals surface area contributed by atoms with E-state index in [-0.39, 0.29) is 5.56 Å². The Hall–Kier alpha value is -0.880. The van der Waals surface area contributed by atoms with Crippen molar-refractivity contribution in [2.75, 3.05) is 0 Å². The standard InChI is InChI=1S/C14H12ClIN2O/c1-7-6-9(15)4-5-10(7)13-17-12(8-2-3-8)11(16)14(19)18-13/h4-6,8H,2-3H2,1H3,(H,17,18,19). The van der Waals surface area contributed by atoms with Crippen molar-refractivity contribution in [2.24, 2.45) is 0 Å². The van der Waals surface area contributed by atoms with E-state index < -0.39 is 0 Å². The zero-order chi connectivity index (χ0) is 13.6. The summed E-state index contributed by atoms with van der Waals surface area (Å²) in [5.41, 5.74) is 2.83. The predicted molar refractivity (Wildman–Crippen MR) is 84.7 cm³/mol. The molecule has 2 aromatic rings. The van der Waals surface area contributed by atoms with Gasteiger partial charge in [-0.05, 0) is 66.1 Å². The normalized spacial score (nSPS) is 14.7. The number of nitrogens with zero attached hydrogens (tertiary/aromatic N) is 1. The third-order valence-electron chi connectivity index (χ3n) is 3.30. The molecule has 1 aliphatic carbocycles. The molecule has 3 nitrogen and oxygen atoms in total. The van der Waals surface area contributed by atoms with Gasteiger partial charge in [-0.1, -0.05) is 11.6 Å². The maximum Gasteiger partial charge on any atom is 0.264 e. The molecule has 0 saturated heterocycles.